The molecular weight excluding hydrogens is 330 g/mol. The second-order valence-corrected chi connectivity index (χ2v) is 6.52. The number of aliphatic carboxylic acids is 1. The molecule has 0 aliphatic carbocycles. The summed E-state index contributed by atoms with van der Waals surface area (Å²) >= 11 is 0. The fraction of sp³-hybridized carbons (Fsp3) is 0.238. The monoisotopic (exact) mass is 351 g/mol. The van der Waals surface area contributed by atoms with E-state index in [0.717, 1.165) is 5.52 Å². The van der Waals surface area contributed by atoms with Crippen LogP contribution in [-0.2, 0) is 11.2 Å². The van der Waals surface area contributed by atoms with Crippen molar-refractivity contribution in [2.45, 2.75) is 33.2 Å². The third-order valence-electron chi connectivity index (χ3n) is 4.37. The topological polar surface area (TPSA) is 68.5 Å². The lowest BCUT2D eigenvalue weighted by molar-refractivity contribution is -0.136. The number of nitrogens with zero attached hydrogens (tertiary/aromatic N) is 1. The van der Waals surface area contributed by atoms with E-state index in [1.165, 1.54) is 0 Å². The number of ether oxygens (including phenoxy) is 1. The predicted octanol–water partition coefficient (Wildman–Crippen LogP) is 4.31. The van der Waals surface area contributed by atoms with Crippen LogP contribution in [0.5, 0.6) is 11.5 Å². The molecule has 0 aliphatic rings. The van der Waals surface area contributed by atoms with E-state index in [4.69, 9.17) is 4.74 Å². The largest absolute Gasteiger partial charge is 0.481 e. The zero-order valence-electron chi connectivity index (χ0n) is 15.0. The van der Waals surface area contributed by atoms with Gasteiger partial charge in [-0.3, -0.25) is 9.59 Å². The van der Waals surface area contributed by atoms with Gasteiger partial charge in [0, 0.05) is 22.7 Å². The molecule has 134 valence electrons. The standard InChI is InChI=1S/C21H21NO4/c1-13(2)22-14(3)17(12-20(23)24)21(25)18-11-16(9-10-19(18)22)26-15-7-5-4-6-8-15/h4-11,13H,12H2,1-3H3,(H,23,24). The minimum atomic E-state index is -1.02. The van der Waals surface area contributed by atoms with Gasteiger partial charge in [0.2, 0.25) is 0 Å². The second-order valence-electron chi connectivity index (χ2n) is 6.52. The number of hydrogen-bond donors (Lipinski definition) is 1. The van der Waals surface area contributed by atoms with E-state index in [1.54, 1.807) is 13.0 Å². The van der Waals surface area contributed by atoms with Crippen molar-refractivity contribution >= 4 is 16.9 Å². The van der Waals surface area contributed by atoms with E-state index < -0.39 is 5.97 Å². The summed E-state index contributed by atoms with van der Waals surface area (Å²) < 4.78 is 7.83. The van der Waals surface area contributed by atoms with Crippen LogP contribution in [0.3, 0.4) is 0 Å². The smallest absolute Gasteiger partial charge is 0.308 e. The fourth-order valence-electron chi connectivity index (χ4n) is 3.27. The van der Waals surface area contributed by atoms with Gasteiger partial charge in [-0.1, -0.05) is 18.2 Å². The number of para-hydroxylation sites is 1. The molecule has 0 saturated carbocycles. The Kier molecular flexibility index (Phi) is 4.80. The van der Waals surface area contributed by atoms with Gasteiger partial charge in [-0.25, -0.2) is 0 Å². The quantitative estimate of drug-likeness (QED) is 0.744. The molecule has 3 aromatic rings. The summed E-state index contributed by atoms with van der Waals surface area (Å²) in [4.78, 5) is 24.2. The van der Waals surface area contributed by atoms with Crippen LogP contribution in [0.15, 0.2) is 53.3 Å². The first-order valence-electron chi connectivity index (χ1n) is 8.51. The molecule has 2 aromatic carbocycles. The van der Waals surface area contributed by atoms with Crippen molar-refractivity contribution in [2.24, 2.45) is 0 Å². The number of pyridine rings is 1. The van der Waals surface area contributed by atoms with Crippen molar-refractivity contribution < 1.29 is 14.6 Å². The average Bonchev–Trinajstić information content (AvgIpc) is 2.59. The summed E-state index contributed by atoms with van der Waals surface area (Å²) in [5.74, 6) is 0.201. The Morgan fingerprint density at radius 3 is 2.42 bits per heavy atom. The van der Waals surface area contributed by atoms with Gasteiger partial charge in [0.1, 0.15) is 11.5 Å². The summed E-state index contributed by atoms with van der Waals surface area (Å²) in [6.07, 6.45) is -0.295. The number of carboxylic acid groups (broad SMARTS) is 1. The molecule has 0 spiro atoms. The summed E-state index contributed by atoms with van der Waals surface area (Å²) in [5.41, 5.74) is 1.53. The van der Waals surface area contributed by atoms with Crippen LogP contribution < -0.4 is 10.2 Å². The van der Waals surface area contributed by atoms with Gasteiger partial charge in [-0.15, -0.1) is 0 Å². The van der Waals surface area contributed by atoms with Gasteiger partial charge in [-0.05, 0) is 51.1 Å². The molecule has 0 atom stereocenters. The lowest BCUT2D eigenvalue weighted by atomic mass is 10.0. The first-order chi connectivity index (χ1) is 12.4. The Morgan fingerprint density at radius 1 is 1.12 bits per heavy atom. The minimum Gasteiger partial charge on any atom is -0.481 e. The lowest BCUT2D eigenvalue weighted by Crippen LogP contribution is -2.22. The Bertz CT molecular complexity index is 1020. The summed E-state index contributed by atoms with van der Waals surface area (Å²) in [6, 6.07) is 14.8. The normalized spacial score (nSPS) is 11.1. The molecule has 26 heavy (non-hydrogen) atoms. The molecule has 5 heteroatoms. The zero-order chi connectivity index (χ0) is 18.8. The highest BCUT2D eigenvalue weighted by atomic mass is 16.5. The van der Waals surface area contributed by atoms with E-state index in [2.05, 4.69) is 0 Å². The van der Waals surface area contributed by atoms with E-state index >= 15 is 0 Å². The van der Waals surface area contributed by atoms with Crippen LogP contribution in [0, 0.1) is 6.92 Å². The first kappa shape index (κ1) is 17.7. The van der Waals surface area contributed by atoms with Crippen molar-refractivity contribution in [1.29, 1.82) is 0 Å². The highest BCUT2D eigenvalue weighted by Gasteiger charge is 2.18. The van der Waals surface area contributed by atoms with Gasteiger partial charge in [0.05, 0.1) is 11.9 Å². The van der Waals surface area contributed by atoms with E-state index in [-0.39, 0.29) is 17.9 Å². The number of carbonyl (C=O) groups is 1. The maximum absolute atomic E-state index is 12.9. The Labute approximate surface area is 151 Å². The van der Waals surface area contributed by atoms with Crippen molar-refractivity contribution in [3.8, 4) is 11.5 Å². The van der Waals surface area contributed by atoms with Gasteiger partial charge in [0.15, 0.2) is 5.43 Å². The second kappa shape index (κ2) is 7.04. The third kappa shape index (κ3) is 3.33. The van der Waals surface area contributed by atoms with E-state index in [1.807, 2.05) is 60.9 Å². The number of benzene rings is 2. The van der Waals surface area contributed by atoms with Crippen LogP contribution in [0.25, 0.3) is 10.9 Å². The van der Waals surface area contributed by atoms with Gasteiger partial charge in [0.25, 0.3) is 0 Å². The molecule has 0 fully saturated rings. The van der Waals surface area contributed by atoms with E-state index in [9.17, 15) is 14.7 Å². The fourth-order valence-corrected chi connectivity index (χ4v) is 3.27. The highest BCUT2D eigenvalue weighted by molar-refractivity contribution is 5.83. The highest BCUT2D eigenvalue weighted by Crippen LogP contribution is 2.27. The molecule has 0 bridgehead atoms. The van der Waals surface area contributed by atoms with Crippen LogP contribution in [-0.4, -0.2) is 15.6 Å². The van der Waals surface area contributed by atoms with Crippen molar-refractivity contribution in [2.75, 3.05) is 0 Å². The maximum Gasteiger partial charge on any atom is 0.308 e. The molecule has 1 heterocycles. The first-order valence-corrected chi connectivity index (χ1v) is 8.51. The average molecular weight is 351 g/mol. The molecule has 0 unspecified atom stereocenters. The van der Waals surface area contributed by atoms with Crippen molar-refractivity contribution in [1.82, 2.24) is 4.57 Å². The molecule has 3 rings (SSSR count). The third-order valence-corrected chi connectivity index (χ3v) is 4.37. The molecule has 0 aliphatic heterocycles. The van der Waals surface area contributed by atoms with Crippen molar-refractivity contribution in [3.05, 3.63) is 70.0 Å². The van der Waals surface area contributed by atoms with E-state index in [0.29, 0.717) is 28.1 Å². The molecule has 5 nitrogen and oxygen atoms in total. The molecule has 0 radical (unpaired) electrons. The molecule has 0 saturated heterocycles. The summed E-state index contributed by atoms with van der Waals surface area (Å²) in [7, 11) is 0. The van der Waals surface area contributed by atoms with Crippen LogP contribution in [0.1, 0.15) is 31.1 Å². The Morgan fingerprint density at radius 2 is 1.81 bits per heavy atom. The van der Waals surface area contributed by atoms with Crippen LogP contribution >= 0.6 is 0 Å². The number of hydrogen-bond acceptors (Lipinski definition) is 3. The maximum atomic E-state index is 12.9. The summed E-state index contributed by atoms with van der Waals surface area (Å²) in [6.45, 7) is 5.82. The van der Waals surface area contributed by atoms with Gasteiger partial charge < -0.3 is 14.4 Å². The Balaban J connectivity index is 2.21. The number of aromatic nitrogens is 1. The van der Waals surface area contributed by atoms with Crippen LogP contribution in [0.4, 0.5) is 0 Å². The zero-order valence-corrected chi connectivity index (χ0v) is 15.0. The molecular formula is C21H21NO4. The Hall–Kier alpha value is -3.08. The van der Waals surface area contributed by atoms with Gasteiger partial charge in [-0.2, -0.15) is 0 Å². The number of rotatable bonds is 5. The molecule has 1 N–H and O–H groups in total. The van der Waals surface area contributed by atoms with Gasteiger partial charge >= 0.3 is 5.97 Å². The molecule has 0 amide bonds. The molecule has 1 aromatic heterocycles. The van der Waals surface area contributed by atoms with Crippen molar-refractivity contribution in [3.63, 3.8) is 0 Å². The summed E-state index contributed by atoms with van der Waals surface area (Å²) in [5, 5.41) is 9.66. The minimum absolute atomic E-state index is 0.0894. The van der Waals surface area contributed by atoms with Crippen LogP contribution in [0.2, 0.25) is 0 Å². The number of fused-ring (bicyclic) bond motifs is 1. The predicted molar refractivity (Wildman–Crippen MR) is 101 cm³/mol. The SMILES string of the molecule is Cc1c(CC(=O)O)c(=O)c2cc(Oc3ccccc3)ccc2n1C(C)C. The lowest BCUT2D eigenvalue weighted by Gasteiger charge is -2.21. The number of carboxylic acids is 1.